The van der Waals surface area contributed by atoms with Crippen molar-refractivity contribution in [3.05, 3.63) is 27.2 Å². The molecule has 0 aliphatic heterocycles. The minimum absolute atomic E-state index is 0.913. The molecule has 0 aromatic heterocycles. The van der Waals surface area contributed by atoms with Crippen LogP contribution in [0.15, 0.2) is 10.5 Å². The first kappa shape index (κ1) is 9.59. The van der Waals surface area contributed by atoms with Crippen LogP contribution in [0.1, 0.15) is 16.7 Å². The van der Waals surface area contributed by atoms with E-state index in [-0.39, 0.29) is 0 Å². The van der Waals surface area contributed by atoms with Crippen molar-refractivity contribution in [2.75, 3.05) is 7.11 Å². The van der Waals surface area contributed by atoms with Gasteiger partial charge in [0.15, 0.2) is 0 Å². The molecule has 0 N–H and O–H groups in total. The minimum Gasteiger partial charge on any atom is -0.496 e. The Kier molecular flexibility index (Phi) is 2.78. The van der Waals surface area contributed by atoms with Crippen molar-refractivity contribution in [1.82, 2.24) is 0 Å². The zero-order valence-corrected chi connectivity index (χ0v) is 9.45. The first-order chi connectivity index (χ1) is 5.57. The highest BCUT2D eigenvalue weighted by atomic mass is 79.9. The number of halogens is 1. The number of hydrogen-bond donors (Lipinski definition) is 0. The molecule has 2 heteroatoms. The third-order valence-corrected chi connectivity index (χ3v) is 3.25. The van der Waals surface area contributed by atoms with E-state index in [1.54, 1.807) is 7.11 Å². The summed E-state index contributed by atoms with van der Waals surface area (Å²) in [4.78, 5) is 0. The van der Waals surface area contributed by atoms with Crippen LogP contribution in [0, 0.1) is 20.8 Å². The minimum atomic E-state index is 0.913. The molecule has 1 nitrogen and oxygen atoms in total. The van der Waals surface area contributed by atoms with Crippen molar-refractivity contribution in [2.24, 2.45) is 0 Å². The zero-order valence-electron chi connectivity index (χ0n) is 7.86. The zero-order chi connectivity index (χ0) is 9.30. The number of rotatable bonds is 1. The fourth-order valence-corrected chi connectivity index (χ4v) is 1.74. The Morgan fingerprint density at radius 1 is 1.17 bits per heavy atom. The average molecular weight is 229 g/mol. The fraction of sp³-hybridized carbons (Fsp3) is 0.400. The van der Waals surface area contributed by atoms with Crippen molar-refractivity contribution >= 4 is 15.9 Å². The number of hydrogen-bond acceptors (Lipinski definition) is 1. The van der Waals surface area contributed by atoms with Crippen LogP contribution in [0.4, 0.5) is 0 Å². The van der Waals surface area contributed by atoms with Gasteiger partial charge in [0.1, 0.15) is 5.75 Å². The highest BCUT2D eigenvalue weighted by Crippen LogP contribution is 2.32. The molecule has 1 aromatic carbocycles. The lowest BCUT2D eigenvalue weighted by Crippen LogP contribution is -1.92. The molecule has 0 saturated heterocycles. The summed E-state index contributed by atoms with van der Waals surface area (Å²) in [6, 6.07) is 2.05. The molecular weight excluding hydrogens is 216 g/mol. The molecule has 0 unspecified atom stereocenters. The van der Waals surface area contributed by atoms with Gasteiger partial charge in [-0.25, -0.2) is 0 Å². The van der Waals surface area contributed by atoms with Crippen LogP contribution < -0.4 is 4.74 Å². The number of ether oxygens (including phenoxy) is 1. The molecule has 0 fully saturated rings. The molecule has 0 amide bonds. The largest absolute Gasteiger partial charge is 0.496 e. The van der Waals surface area contributed by atoms with Crippen molar-refractivity contribution < 1.29 is 4.74 Å². The summed E-state index contributed by atoms with van der Waals surface area (Å²) in [7, 11) is 1.69. The molecule has 1 rings (SSSR count). The van der Waals surface area contributed by atoms with Gasteiger partial charge in [0.2, 0.25) is 0 Å². The second-order valence-electron chi connectivity index (χ2n) is 2.96. The molecule has 0 heterocycles. The second-order valence-corrected chi connectivity index (χ2v) is 3.75. The second kappa shape index (κ2) is 3.48. The predicted octanol–water partition coefficient (Wildman–Crippen LogP) is 3.38. The first-order valence-corrected chi connectivity index (χ1v) is 4.67. The van der Waals surface area contributed by atoms with Crippen LogP contribution in [-0.2, 0) is 0 Å². The predicted molar refractivity (Wildman–Crippen MR) is 54.9 cm³/mol. The van der Waals surface area contributed by atoms with Crippen LogP contribution >= 0.6 is 15.9 Å². The van der Waals surface area contributed by atoms with Gasteiger partial charge in [-0.2, -0.15) is 0 Å². The van der Waals surface area contributed by atoms with E-state index in [1.165, 1.54) is 16.7 Å². The number of benzene rings is 1. The Balaban J connectivity index is 3.39. The molecule has 0 saturated carbocycles. The van der Waals surface area contributed by atoms with Crippen molar-refractivity contribution in [3.63, 3.8) is 0 Å². The van der Waals surface area contributed by atoms with E-state index in [9.17, 15) is 0 Å². The van der Waals surface area contributed by atoms with E-state index in [0.29, 0.717) is 0 Å². The van der Waals surface area contributed by atoms with E-state index in [2.05, 4.69) is 36.7 Å². The maximum Gasteiger partial charge on any atom is 0.133 e. The van der Waals surface area contributed by atoms with Gasteiger partial charge in [0.05, 0.1) is 11.6 Å². The Morgan fingerprint density at radius 2 is 1.75 bits per heavy atom. The van der Waals surface area contributed by atoms with E-state index in [1.807, 2.05) is 6.07 Å². The Bertz CT molecular complexity index is 305. The Morgan fingerprint density at radius 3 is 2.25 bits per heavy atom. The lowest BCUT2D eigenvalue weighted by molar-refractivity contribution is 0.411. The van der Waals surface area contributed by atoms with Crippen LogP contribution in [0.25, 0.3) is 0 Å². The van der Waals surface area contributed by atoms with Gasteiger partial charge in [-0.15, -0.1) is 0 Å². The van der Waals surface area contributed by atoms with Gasteiger partial charge in [0, 0.05) is 0 Å². The molecular formula is C10H13BrO. The van der Waals surface area contributed by atoms with Crippen molar-refractivity contribution in [3.8, 4) is 5.75 Å². The van der Waals surface area contributed by atoms with Gasteiger partial charge < -0.3 is 4.74 Å². The normalized spacial score (nSPS) is 10.1. The quantitative estimate of drug-likeness (QED) is 0.717. The highest BCUT2D eigenvalue weighted by molar-refractivity contribution is 9.10. The summed E-state index contributed by atoms with van der Waals surface area (Å²) in [6.45, 7) is 6.31. The summed E-state index contributed by atoms with van der Waals surface area (Å²) < 4.78 is 6.28. The van der Waals surface area contributed by atoms with Crippen LogP contribution in [0.2, 0.25) is 0 Å². The lowest BCUT2D eigenvalue weighted by Gasteiger charge is -2.11. The maximum atomic E-state index is 5.21. The molecule has 0 radical (unpaired) electrons. The summed E-state index contributed by atoms with van der Waals surface area (Å²) >= 11 is 3.50. The number of methoxy groups -OCH3 is 1. The molecule has 0 aliphatic carbocycles. The van der Waals surface area contributed by atoms with Gasteiger partial charge in [-0.1, -0.05) is 0 Å². The van der Waals surface area contributed by atoms with Crippen LogP contribution in [-0.4, -0.2) is 7.11 Å². The third kappa shape index (κ3) is 1.48. The summed E-state index contributed by atoms with van der Waals surface area (Å²) in [5.74, 6) is 0.913. The topological polar surface area (TPSA) is 9.23 Å². The van der Waals surface area contributed by atoms with E-state index in [0.717, 1.165) is 10.2 Å². The Hall–Kier alpha value is -0.500. The monoisotopic (exact) mass is 228 g/mol. The molecule has 0 bridgehead atoms. The van der Waals surface area contributed by atoms with Crippen LogP contribution in [0.3, 0.4) is 0 Å². The fourth-order valence-electron chi connectivity index (χ4n) is 1.16. The summed E-state index contributed by atoms with van der Waals surface area (Å²) in [5, 5.41) is 0. The summed E-state index contributed by atoms with van der Waals surface area (Å²) in [5.41, 5.74) is 3.85. The molecule has 1 aromatic rings. The standard InChI is InChI=1S/C10H13BrO/c1-6-5-9(12-4)10(11)8(3)7(6)2/h5H,1-4H3. The van der Waals surface area contributed by atoms with Crippen LogP contribution in [0.5, 0.6) is 5.75 Å². The third-order valence-electron chi connectivity index (χ3n) is 2.27. The van der Waals surface area contributed by atoms with Crippen molar-refractivity contribution in [1.29, 1.82) is 0 Å². The van der Waals surface area contributed by atoms with E-state index in [4.69, 9.17) is 4.74 Å². The van der Waals surface area contributed by atoms with E-state index < -0.39 is 0 Å². The molecule has 66 valence electrons. The van der Waals surface area contributed by atoms with E-state index >= 15 is 0 Å². The van der Waals surface area contributed by atoms with Crippen molar-refractivity contribution in [2.45, 2.75) is 20.8 Å². The SMILES string of the molecule is COc1cc(C)c(C)c(C)c1Br. The number of aryl methyl sites for hydroxylation is 1. The Labute approximate surface area is 81.9 Å². The van der Waals surface area contributed by atoms with Gasteiger partial charge >= 0.3 is 0 Å². The molecule has 0 aliphatic rings. The summed E-state index contributed by atoms with van der Waals surface area (Å²) in [6.07, 6.45) is 0. The maximum absolute atomic E-state index is 5.21. The average Bonchev–Trinajstić information content (AvgIpc) is 2.08. The molecule has 0 atom stereocenters. The molecule has 0 spiro atoms. The van der Waals surface area contributed by atoms with Gasteiger partial charge in [-0.05, 0) is 59.5 Å². The first-order valence-electron chi connectivity index (χ1n) is 3.88. The lowest BCUT2D eigenvalue weighted by atomic mass is 10.0. The molecule has 12 heavy (non-hydrogen) atoms. The van der Waals surface area contributed by atoms with Gasteiger partial charge in [0.25, 0.3) is 0 Å². The van der Waals surface area contributed by atoms with Gasteiger partial charge in [-0.3, -0.25) is 0 Å². The highest BCUT2D eigenvalue weighted by Gasteiger charge is 2.07. The smallest absolute Gasteiger partial charge is 0.133 e.